The number of benzene rings is 2. The van der Waals surface area contributed by atoms with Gasteiger partial charge < -0.3 is 29.7 Å². The second-order valence-corrected chi connectivity index (χ2v) is 6.97. The summed E-state index contributed by atoms with van der Waals surface area (Å²) >= 11 is 0. The Morgan fingerprint density at radius 2 is 1.70 bits per heavy atom. The lowest BCUT2D eigenvalue weighted by molar-refractivity contribution is -0.273. The predicted molar refractivity (Wildman–Crippen MR) is 106 cm³/mol. The minimum absolute atomic E-state index is 0.162. The Kier molecular flexibility index (Phi) is 7.53. The van der Waals surface area contributed by atoms with Crippen molar-refractivity contribution >= 4 is 11.9 Å². The highest BCUT2D eigenvalue weighted by Gasteiger charge is 2.48. The van der Waals surface area contributed by atoms with Crippen molar-refractivity contribution in [2.75, 3.05) is 6.61 Å². The summed E-state index contributed by atoms with van der Waals surface area (Å²) in [5.41, 5.74) is 1.16. The molecule has 1 amide bonds. The molecule has 1 heterocycles. The van der Waals surface area contributed by atoms with Gasteiger partial charge in [-0.25, -0.2) is 4.79 Å². The van der Waals surface area contributed by atoms with Crippen molar-refractivity contribution in [1.29, 1.82) is 0 Å². The number of aliphatic hydroxyl groups is 2. The maximum absolute atomic E-state index is 12.6. The van der Waals surface area contributed by atoms with Crippen LogP contribution in [0.25, 0.3) is 0 Å². The van der Waals surface area contributed by atoms with Gasteiger partial charge in [-0.3, -0.25) is 4.79 Å². The Hall–Kier alpha value is -2.78. The van der Waals surface area contributed by atoms with E-state index in [2.05, 4.69) is 5.32 Å². The van der Waals surface area contributed by atoms with Crippen LogP contribution in [0, 0.1) is 0 Å². The number of hydrogen-bond donors (Lipinski definition) is 3. The normalized spacial score (nSPS) is 26.0. The smallest absolute Gasteiger partial charge is 0.338 e. The van der Waals surface area contributed by atoms with Crippen LogP contribution in [0.15, 0.2) is 60.7 Å². The molecule has 0 aliphatic carbocycles. The number of rotatable bonds is 7. The molecule has 0 unspecified atom stereocenters. The van der Waals surface area contributed by atoms with Crippen LogP contribution < -0.4 is 5.32 Å². The Morgan fingerprint density at radius 3 is 2.30 bits per heavy atom. The summed E-state index contributed by atoms with van der Waals surface area (Å²) in [6.45, 7) is 0.947. The van der Waals surface area contributed by atoms with Gasteiger partial charge in [-0.05, 0) is 17.7 Å². The van der Waals surface area contributed by atoms with Crippen molar-refractivity contribution in [3.05, 3.63) is 71.8 Å². The molecule has 160 valence electrons. The van der Waals surface area contributed by atoms with E-state index in [-0.39, 0.29) is 6.61 Å². The molecule has 8 heteroatoms. The lowest BCUT2D eigenvalue weighted by atomic mass is 9.96. The summed E-state index contributed by atoms with van der Waals surface area (Å²) in [5.74, 6) is -1.08. The fourth-order valence-electron chi connectivity index (χ4n) is 3.26. The predicted octanol–water partition coefficient (Wildman–Crippen LogP) is 1.01. The van der Waals surface area contributed by atoms with E-state index in [1.807, 2.05) is 30.3 Å². The molecule has 0 radical (unpaired) electrons. The molecule has 8 nitrogen and oxygen atoms in total. The van der Waals surface area contributed by atoms with E-state index in [0.717, 1.165) is 5.56 Å². The molecule has 3 N–H and O–H groups in total. The van der Waals surface area contributed by atoms with Crippen LogP contribution in [0.5, 0.6) is 0 Å². The second kappa shape index (κ2) is 10.3. The third-order valence-electron chi connectivity index (χ3n) is 4.73. The van der Waals surface area contributed by atoms with E-state index in [1.54, 1.807) is 30.3 Å². The molecule has 2 aromatic rings. The molecule has 0 spiro atoms. The third kappa shape index (κ3) is 5.43. The minimum atomic E-state index is -1.36. The zero-order valence-corrected chi connectivity index (χ0v) is 16.5. The molecule has 0 saturated carbocycles. The number of nitrogens with one attached hydrogen (secondary N) is 1. The van der Waals surface area contributed by atoms with Crippen LogP contribution >= 0.6 is 0 Å². The maximum atomic E-state index is 12.6. The van der Waals surface area contributed by atoms with E-state index in [9.17, 15) is 19.8 Å². The lowest BCUT2D eigenvalue weighted by Crippen LogP contribution is -2.65. The summed E-state index contributed by atoms with van der Waals surface area (Å²) in [4.78, 5) is 24.4. The van der Waals surface area contributed by atoms with E-state index in [4.69, 9.17) is 14.2 Å². The van der Waals surface area contributed by atoms with E-state index < -0.39 is 49.1 Å². The summed E-state index contributed by atoms with van der Waals surface area (Å²) in [7, 11) is 0. The quantitative estimate of drug-likeness (QED) is 0.578. The number of carbonyl (C=O) groups excluding carboxylic acids is 2. The first kappa shape index (κ1) is 21.9. The SMILES string of the molecule is CC(=O)N[C@H]1[C@H](OCc2ccccc2)O[C@@H](CO)[C@@H](O)[C@@H]1OC(=O)c1ccccc1. The molecule has 5 atom stereocenters. The average Bonchev–Trinajstić information content (AvgIpc) is 2.76. The number of esters is 1. The summed E-state index contributed by atoms with van der Waals surface area (Å²) in [6, 6.07) is 16.6. The molecule has 0 aromatic heterocycles. The van der Waals surface area contributed by atoms with Gasteiger partial charge in [0, 0.05) is 6.92 Å². The molecular formula is C22H25NO7. The van der Waals surface area contributed by atoms with Gasteiger partial charge in [-0.15, -0.1) is 0 Å². The first-order chi connectivity index (χ1) is 14.5. The number of aliphatic hydroxyl groups excluding tert-OH is 2. The number of amides is 1. The minimum Gasteiger partial charge on any atom is -0.453 e. The van der Waals surface area contributed by atoms with E-state index in [1.165, 1.54) is 6.92 Å². The monoisotopic (exact) mass is 415 g/mol. The van der Waals surface area contributed by atoms with Crippen LogP contribution in [-0.2, 0) is 25.6 Å². The van der Waals surface area contributed by atoms with E-state index >= 15 is 0 Å². The molecule has 0 bridgehead atoms. The molecule has 2 aromatic carbocycles. The zero-order valence-electron chi connectivity index (χ0n) is 16.5. The largest absolute Gasteiger partial charge is 0.453 e. The topological polar surface area (TPSA) is 114 Å². The molecule has 1 saturated heterocycles. The van der Waals surface area contributed by atoms with Crippen LogP contribution in [0.4, 0.5) is 0 Å². The molecule has 3 rings (SSSR count). The Bertz CT molecular complexity index is 830. The molecular weight excluding hydrogens is 390 g/mol. The van der Waals surface area contributed by atoms with Crippen LogP contribution in [0.3, 0.4) is 0 Å². The fourth-order valence-corrected chi connectivity index (χ4v) is 3.26. The molecule has 1 aliphatic heterocycles. The van der Waals surface area contributed by atoms with Gasteiger partial charge in [0.2, 0.25) is 5.91 Å². The van der Waals surface area contributed by atoms with Crippen molar-refractivity contribution in [2.45, 2.75) is 44.2 Å². The van der Waals surface area contributed by atoms with Gasteiger partial charge in [-0.2, -0.15) is 0 Å². The molecule has 30 heavy (non-hydrogen) atoms. The van der Waals surface area contributed by atoms with Crippen molar-refractivity contribution in [1.82, 2.24) is 5.32 Å². The van der Waals surface area contributed by atoms with Gasteiger partial charge >= 0.3 is 5.97 Å². The summed E-state index contributed by atoms with van der Waals surface area (Å²) < 4.78 is 17.0. The highest BCUT2D eigenvalue weighted by Crippen LogP contribution is 2.26. The van der Waals surface area contributed by atoms with Crippen molar-refractivity contribution in [3.63, 3.8) is 0 Å². The first-order valence-corrected chi connectivity index (χ1v) is 9.62. The van der Waals surface area contributed by atoms with Crippen molar-refractivity contribution < 1.29 is 34.0 Å². The molecule has 1 aliphatic rings. The average molecular weight is 415 g/mol. The van der Waals surface area contributed by atoms with Crippen LogP contribution in [-0.4, -0.2) is 59.3 Å². The van der Waals surface area contributed by atoms with Gasteiger partial charge in [0.05, 0.1) is 18.8 Å². The fraction of sp³-hybridized carbons (Fsp3) is 0.364. The van der Waals surface area contributed by atoms with E-state index in [0.29, 0.717) is 5.56 Å². The Balaban J connectivity index is 1.82. The van der Waals surface area contributed by atoms with Crippen LogP contribution in [0.1, 0.15) is 22.8 Å². The standard InChI is InChI=1S/C22H25NO7/c1-14(25)23-18-20(30-21(27)16-10-6-3-7-11-16)19(26)17(12-24)29-22(18)28-13-15-8-4-2-5-9-15/h2-11,17-20,22,24,26H,12-13H2,1H3,(H,23,25)/t17-,18+,19+,20+,22+/m0/s1. The Labute approximate surface area is 174 Å². The lowest BCUT2D eigenvalue weighted by Gasteiger charge is -2.43. The molecule has 1 fully saturated rings. The van der Waals surface area contributed by atoms with Gasteiger partial charge in [0.15, 0.2) is 12.4 Å². The highest BCUT2D eigenvalue weighted by atomic mass is 16.7. The van der Waals surface area contributed by atoms with Crippen molar-refractivity contribution in [3.8, 4) is 0 Å². The number of carbonyl (C=O) groups is 2. The number of ether oxygens (including phenoxy) is 3. The first-order valence-electron chi connectivity index (χ1n) is 9.62. The second-order valence-electron chi connectivity index (χ2n) is 6.97. The van der Waals surface area contributed by atoms with Gasteiger partial charge in [-0.1, -0.05) is 48.5 Å². The zero-order chi connectivity index (χ0) is 21.5. The number of hydrogen-bond acceptors (Lipinski definition) is 7. The summed E-state index contributed by atoms with van der Waals surface area (Å²) in [5, 5.41) is 22.9. The summed E-state index contributed by atoms with van der Waals surface area (Å²) in [6.07, 6.45) is -4.66. The highest BCUT2D eigenvalue weighted by molar-refractivity contribution is 5.89. The van der Waals surface area contributed by atoms with Crippen molar-refractivity contribution in [2.24, 2.45) is 0 Å². The Morgan fingerprint density at radius 1 is 1.07 bits per heavy atom. The van der Waals surface area contributed by atoms with Gasteiger partial charge in [0.1, 0.15) is 18.2 Å². The maximum Gasteiger partial charge on any atom is 0.338 e. The van der Waals surface area contributed by atoms with Crippen LogP contribution in [0.2, 0.25) is 0 Å². The van der Waals surface area contributed by atoms with Gasteiger partial charge in [0.25, 0.3) is 0 Å². The third-order valence-corrected chi connectivity index (χ3v) is 4.73.